The fourth-order valence-corrected chi connectivity index (χ4v) is 1.46. The first-order chi connectivity index (χ1) is 8.27. The summed E-state index contributed by atoms with van der Waals surface area (Å²) in [5, 5.41) is 3.25. The number of hydrogen-bond acceptors (Lipinski definition) is 2. The Morgan fingerprint density at radius 1 is 1.59 bits per heavy atom. The summed E-state index contributed by atoms with van der Waals surface area (Å²) in [5.41, 5.74) is 0. The molecule has 1 N–H and O–H groups in total. The molecule has 0 aliphatic heterocycles. The van der Waals surface area contributed by atoms with Crippen molar-refractivity contribution in [2.45, 2.75) is 19.8 Å². The lowest BCUT2D eigenvalue weighted by molar-refractivity contribution is 0.115. The molecule has 4 heteroatoms. The zero-order chi connectivity index (χ0) is 12.5. The van der Waals surface area contributed by atoms with Crippen molar-refractivity contribution >= 4 is 5.96 Å². The van der Waals surface area contributed by atoms with Crippen LogP contribution >= 0.6 is 0 Å². The molecule has 0 radical (unpaired) electrons. The number of guanidine groups is 1. The Kier molecular flexibility index (Phi) is 6.70. The summed E-state index contributed by atoms with van der Waals surface area (Å²) in [5.74, 6) is 1.75. The van der Waals surface area contributed by atoms with Crippen LogP contribution in [0.3, 0.4) is 0 Å². The molecule has 0 bridgehead atoms. The second-order valence-electron chi connectivity index (χ2n) is 4.42. The Hall–Kier alpha value is -1.03. The second kappa shape index (κ2) is 8.12. The number of nitrogens with zero attached hydrogens (tertiary/aromatic N) is 2. The van der Waals surface area contributed by atoms with E-state index >= 15 is 0 Å². The molecule has 4 nitrogen and oxygen atoms in total. The molecule has 1 rings (SSSR count). The van der Waals surface area contributed by atoms with E-state index in [1.165, 1.54) is 12.8 Å². The molecular formula is C13H25N3O. The van der Waals surface area contributed by atoms with Crippen LogP contribution in [-0.4, -0.2) is 50.8 Å². The molecule has 17 heavy (non-hydrogen) atoms. The van der Waals surface area contributed by atoms with Gasteiger partial charge in [-0.05, 0) is 25.7 Å². The van der Waals surface area contributed by atoms with E-state index in [1.807, 2.05) is 7.05 Å². The minimum Gasteiger partial charge on any atom is -0.379 e. The standard InChI is InChI=1S/C13H25N3O/c1-4-8-15-13(14-5-2)16(3)9-10-17-11-12-6-7-12/h4,12H,1,5-11H2,2-3H3,(H,14,15). The topological polar surface area (TPSA) is 36.9 Å². The molecule has 1 fully saturated rings. The fourth-order valence-electron chi connectivity index (χ4n) is 1.46. The van der Waals surface area contributed by atoms with Gasteiger partial charge in [0.1, 0.15) is 0 Å². The van der Waals surface area contributed by atoms with Crippen molar-refractivity contribution in [3.8, 4) is 0 Å². The first-order valence-corrected chi connectivity index (χ1v) is 6.46. The van der Waals surface area contributed by atoms with Crippen LogP contribution in [0.1, 0.15) is 19.8 Å². The molecule has 1 saturated carbocycles. The van der Waals surface area contributed by atoms with Crippen LogP contribution in [0.5, 0.6) is 0 Å². The van der Waals surface area contributed by atoms with Crippen molar-refractivity contribution in [3.05, 3.63) is 12.7 Å². The Labute approximate surface area is 105 Å². The van der Waals surface area contributed by atoms with Crippen molar-refractivity contribution in [1.82, 2.24) is 10.2 Å². The van der Waals surface area contributed by atoms with Gasteiger partial charge in [-0.2, -0.15) is 0 Å². The molecule has 0 aromatic heterocycles. The maximum Gasteiger partial charge on any atom is 0.194 e. The van der Waals surface area contributed by atoms with Gasteiger partial charge in [0, 0.05) is 26.7 Å². The molecule has 1 aliphatic rings. The summed E-state index contributed by atoms with van der Waals surface area (Å²) in [6.45, 7) is 9.84. The van der Waals surface area contributed by atoms with Gasteiger partial charge in [0.15, 0.2) is 5.96 Å². The van der Waals surface area contributed by atoms with Crippen molar-refractivity contribution in [3.63, 3.8) is 0 Å². The number of rotatable bonds is 8. The highest BCUT2D eigenvalue weighted by atomic mass is 16.5. The van der Waals surface area contributed by atoms with Crippen LogP contribution in [0.25, 0.3) is 0 Å². The Bertz CT molecular complexity index is 249. The number of likely N-dealkylation sites (N-methyl/N-ethyl adjacent to an activating group) is 1. The van der Waals surface area contributed by atoms with E-state index in [4.69, 9.17) is 4.74 Å². The van der Waals surface area contributed by atoms with Gasteiger partial charge in [0.05, 0.1) is 13.2 Å². The highest BCUT2D eigenvalue weighted by molar-refractivity contribution is 5.79. The van der Waals surface area contributed by atoms with Crippen LogP contribution in [-0.2, 0) is 4.74 Å². The van der Waals surface area contributed by atoms with Gasteiger partial charge in [0.2, 0.25) is 0 Å². The molecule has 0 atom stereocenters. The van der Waals surface area contributed by atoms with Gasteiger partial charge >= 0.3 is 0 Å². The third kappa shape index (κ3) is 6.31. The molecule has 0 aromatic carbocycles. The van der Waals surface area contributed by atoms with Gasteiger partial charge in [-0.15, -0.1) is 6.58 Å². The lowest BCUT2D eigenvalue weighted by atomic mass is 10.5. The summed E-state index contributed by atoms with van der Waals surface area (Å²) in [7, 11) is 2.03. The van der Waals surface area contributed by atoms with E-state index in [1.54, 1.807) is 6.08 Å². The molecule has 0 saturated heterocycles. The summed E-state index contributed by atoms with van der Waals surface area (Å²) in [4.78, 5) is 6.51. The molecule has 1 aliphatic carbocycles. The maximum atomic E-state index is 5.62. The summed E-state index contributed by atoms with van der Waals surface area (Å²) >= 11 is 0. The normalized spacial score (nSPS) is 15.8. The molecular weight excluding hydrogens is 214 g/mol. The number of hydrogen-bond donors (Lipinski definition) is 1. The molecule has 0 amide bonds. The van der Waals surface area contributed by atoms with Crippen LogP contribution in [0.2, 0.25) is 0 Å². The lowest BCUT2D eigenvalue weighted by Gasteiger charge is -2.21. The van der Waals surface area contributed by atoms with Crippen LogP contribution in [0.15, 0.2) is 17.6 Å². The smallest absolute Gasteiger partial charge is 0.194 e. The highest BCUT2D eigenvalue weighted by Crippen LogP contribution is 2.28. The highest BCUT2D eigenvalue weighted by Gasteiger charge is 2.21. The number of aliphatic imine (C=N–C) groups is 1. The third-order valence-corrected chi connectivity index (χ3v) is 2.69. The number of nitrogens with one attached hydrogen (secondary N) is 1. The fraction of sp³-hybridized carbons (Fsp3) is 0.769. The zero-order valence-electron chi connectivity index (χ0n) is 11.1. The minimum absolute atomic E-state index is 0.648. The molecule has 0 aromatic rings. The van der Waals surface area contributed by atoms with E-state index in [-0.39, 0.29) is 0 Å². The van der Waals surface area contributed by atoms with Crippen molar-refractivity contribution < 1.29 is 4.74 Å². The Morgan fingerprint density at radius 3 is 2.94 bits per heavy atom. The monoisotopic (exact) mass is 239 g/mol. The lowest BCUT2D eigenvalue weighted by Crippen LogP contribution is -2.40. The van der Waals surface area contributed by atoms with Crippen molar-refractivity contribution in [2.75, 3.05) is 39.9 Å². The molecule has 0 spiro atoms. The quantitative estimate of drug-likeness (QED) is 0.302. The zero-order valence-corrected chi connectivity index (χ0v) is 11.1. The van der Waals surface area contributed by atoms with Crippen LogP contribution in [0.4, 0.5) is 0 Å². The third-order valence-electron chi connectivity index (χ3n) is 2.69. The Morgan fingerprint density at radius 2 is 2.35 bits per heavy atom. The van der Waals surface area contributed by atoms with Gasteiger partial charge in [-0.1, -0.05) is 6.08 Å². The van der Waals surface area contributed by atoms with Gasteiger partial charge in [0.25, 0.3) is 0 Å². The first-order valence-electron chi connectivity index (χ1n) is 6.46. The second-order valence-corrected chi connectivity index (χ2v) is 4.42. The van der Waals surface area contributed by atoms with E-state index < -0.39 is 0 Å². The largest absolute Gasteiger partial charge is 0.379 e. The van der Waals surface area contributed by atoms with E-state index in [2.05, 4.69) is 28.7 Å². The molecule has 0 unspecified atom stereocenters. The minimum atomic E-state index is 0.648. The number of ether oxygens (including phenoxy) is 1. The van der Waals surface area contributed by atoms with E-state index in [0.29, 0.717) is 6.54 Å². The summed E-state index contributed by atoms with van der Waals surface area (Å²) < 4.78 is 5.62. The average Bonchev–Trinajstić information content (AvgIpc) is 3.13. The van der Waals surface area contributed by atoms with Crippen LogP contribution in [0, 0.1) is 5.92 Å². The van der Waals surface area contributed by atoms with Gasteiger partial charge < -0.3 is 15.0 Å². The summed E-state index contributed by atoms with van der Waals surface area (Å²) in [6.07, 6.45) is 4.49. The first kappa shape index (κ1) is 14.0. The summed E-state index contributed by atoms with van der Waals surface area (Å²) in [6, 6.07) is 0. The van der Waals surface area contributed by atoms with E-state index in [9.17, 15) is 0 Å². The predicted molar refractivity (Wildman–Crippen MR) is 72.3 cm³/mol. The predicted octanol–water partition coefficient (Wildman–Crippen LogP) is 1.50. The molecule has 0 heterocycles. The van der Waals surface area contributed by atoms with Crippen molar-refractivity contribution in [2.24, 2.45) is 10.9 Å². The van der Waals surface area contributed by atoms with E-state index in [0.717, 1.165) is 38.2 Å². The maximum absolute atomic E-state index is 5.62. The molecule has 98 valence electrons. The average molecular weight is 239 g/mol. The van der Waals surface area contributed by atoms with Crippen molar-refractivity contribution in [1.29, 1.82) is 0 Å². The van der Waals surface area contributed by atoms with Gasteiger partial charge in [-0.3, -0.25) is 0 Å². The SMILES string of the molecule is C=CCN=C(NCC)N(C)CCOCC1CC1. The Balaban J connectivity index is 2.19. The van der Waals surface area contributed by atoms with Crippen LogP contribution < -0.4 is 5.32 Å². The van der Waals surface area contributed by atoms with Gasteiger partial charge in [-0.25, -0.2) is 4.99 Å².